The Bertz CT molecular complexity index is 217. The van der Waals surface area contributed by atoms with Crippen molar-refractivity contribution in [2.45, 2.75) is 39.0 Å². The van der Waals surface area contributed by atoms with Gasteiger partial charge in [-0.05, 0) is 31.1 Å². The molecule has 0 aromatic rings. The third-order valence-electron chi connectivity index (χ3n) is 3.62. The Hall–Kier alpha value is -0.730. The van der Waals surface area contributed by atoms with Crippen molar-refractivity contribution < 1.29 is 4.79 Å². The summed E-state index contributed by atoms with van der Waals surface area (Å²) in [4.78, 5) is 13.6. The summed E-state index contributed by atoms with van der Waals surface area (Å²) in [6.07, 6.45) is 6.21. The van der Waals surface area contributed by atoms with Crippen LogP contribution in [0.3, 0.4) is 0 Å². The summed E-state index contributed by atoms with van der Waals surface area (Å²) < 4.78 is 0. The van der Waals surface area contributed by atoms with Crippen molar-refractivity contribution in [3.63, 3.8) is 0 Å². The van der Waals surface area contributed by atoms with Crippen LogP contribution in [0.4, 0.5) is 4.79 Å². The van der Waals surface area contributed by atoms with E-state index >= 15 is 0 Å². The highest BCUT2D eigenvalue weighted by Gasteiger charge is 2.32. The number of amides is 2. The topological polar surface area (TPSA) is 32.3 Å². The summed E-state index contributed by atoms with van der Waals surface area (Å²) in [6.45, 7) is 5.02. The minimum absolute atomic E-state index is 0.149. The van der Waals surface area contributed by atoms with E-state index in [1.54, 1.807) is 0 Å². The molecule has 2 rings (SSSR count). The maximum atomic E-state index is 11.6. The zero-order valence-corrected chi connectivity index (χ0v) is 9.01. The standard InChI is InChI=1S/C11H20N2O/c1-11(5-4-6-11)9-12-10(14)13-7-2-3-8-13/h2-9H2,1H3,(H,12,14). The highest BCUT2D eigenvalue weighted by Crippen LogP contribution is 2.39. The van der Waals surface area contributed by atoms with Crippen LogP contribution in [0.25, 0.3) is 0 Å². The molecule has 0 aromatic heterocycles. The molecule has 0 bridgehead atoms. The maximum absolute atomic E-state index is 11.6. The van der Waals surface area contributed by atoms with Crippen LogP contribution < -0.4 is 5.32 Å². The Labute approximate surface area is 85.8 Å². The van der Waals surface area contributed by atoms with E-state index in [4.69, 9.17) is 0 Å². The molecule has 3 heteroatoms. The zero-order chi connectivity index (χ0) is 10.0. The fourth-order valence-corrected chi connectivity index (χ4v) is 2.28. The van der Waals surface area contributed by atoms with Crippen LogP contribution in [0.5, 0.6) is 0 Å². The largest absolute Gasteiger partial charge is 0.337 e. The molecule has 14 heavy (non-hydrogen) atoms. The van der Waals surface area contributed by atoms with Gasteiger partial charge in [0, 0.05) is 19.6 Å². The lowest BCUT2D eigenvalue weighted by molar-refractivity contribution is 0.150. The van der Waals surface area contributed by atoms with Gasteiger partial charge in [-0.2, -0.15) is 0 Å². The van der Waals surface area contributed by atoms with Crippen LogP contribution in [0.15, 0.2) is 0 Å². The lowest BCUT2D eigenvalue weighted by atomic mass is 9.70. The van der Waals surface area contributed by atoms with Crippen LogP contribution in [0.1, 0.15) is 39.0 Å². The lowest BCUT2D eigenvalue weighted by Crippen LogP contribution is -2.45. The monoisotopic (exact) mass is 196 g/mol. The van der Waals surface area contributed by atoms with Gasteiger partial charge in [0.15, 0.2) is 0 Å². The van der Waals surface area contributed by atoms with Crippen molar-refractivity contribution >= 4 is 6.03 Å². The van der Waals surface area contributed by atoms with Gasteiger partial charge in [0.05, 0.1) is 0 Å². The fourth-order valence-electron chi connectivity index (χ4n) is 2.28. The highest BCUT2D eigenvalue weighted by molar-refractivity contribution is 5.74. The van der Waals surface area contributed by atoms with E-state index in [1.165, 1.54) is 32.1 Å². The molecule has 2 fully saturated rings. The lowest BCUT2D eigenvalue weighted by Gasteiger charge is -2.38. The van der Waals surface area contributed by atoms with Gasteiger partial charge in [0.1, 0.15) is 0 Å². The van der Waals surface area contributed by atoms with Crippen molar-refractivity contribution in [3.8, 4) is 0 Å². The van der Waals surface area contributed by atoms with Crippen LogP contribution in [-0.4, -0.2) is 30.6 Å². The van der Waals surface area contributed by atoms with Gasteiger partial charge in [-0.1, -0.05) is 13.3 Å². The van der Waals surface area contributed by atoms with Gasteiger partial charge in [-0.15, -0.1) is 0 Å². The number of likely N-dealkylation sites (tertiary alicyclic amines) is 1. The number of urea groups is 1. The Morgan fingerprint density at radius 1 is 1.29 bits per heavy atom. The highest BCUT2D eigenvalue weighted by atomic mass is 16.2. The van der Waals surface area contributed by atoms with Crippen molar-refractivity contribution in [3.05, 3.63) is 0 Å². The van der Waals surface area contributed by atoms with Crippen LogP contribution in [-0.2, 0) is 0 Å². The average Bonchev–Trinajstić information content (AvgIpc) is 2.63. The molecule has 80 valence electrons. The van der Waals surface area contributed by atoms with E-state index in [1.807, 2.05) is 4.90 Å². The van der Waals surface area contributed by atoms with Gasteiger partial charge in [0.2, 0.25) is 0 Å². The fraction of sp³-hybridized carbons (Fsp3) is 0.909. The first-order chi connectivity index (χ1) is 6.70. The molecular formula is C11H20N2O. The third-order valence-corrected chi connectivity index (χ3v) is 3.62. The van der Waals surface area contributed by atoms with Gasteiger partial charge >= 0.3 is 6.03 Å². The molecule has 1 aliphatic carbocycles. The first kappa shape index (κ1) is 9.81. The maximum Gasteiger partial charge on any atom is 0.317 e. The Morgan fingerprint density at radius 2 is 1.93 bits per heavy atom. The Morgan fingerprint density at radius 3 is 2.43 bits per heavy atom. The van der Waals surface area contributed by atoms with Gasteiger partial charge in [-0.25, -0.2) is 4.79 Å². The second-order valence-corrected chi connectivity index (χ2v) is 5.02. The number of carbonyl (C=O) groups is 1. The molecule has 2 aliphatic rings. The molecule has 3 nitrogen and oxygen atoms in total. The quantitative estimate of drug-likeness (QED) is 0.719. The number of hydrogen-bond donors (Lipinski definition) is 1. The molecule has 0 unspecified atom stereocenters. The van der Waals surface area contributed by atoms with E-state index in [9.17, 15) is 4.79 Å². The second-order valence-electron chi connectivity index (χ2n) is 5.02. The number of rotatable bonds is 2. The van der Waals surface area contributed by atoms with Crippen molar-refractivity contribution in [2.24, 2.45) is 5.41 Å². The first-order valence-corrected chi connectivity index (χ1v) is 5.72. The number of carbonyl (C=O) groups excluding carboxylic acids is 1. The summed E-state index contributed by atoms with van der Waals surface area (Å²) in [6, 6.07) is 0.149. The molecule has 0 aromatic carbocycles. The minimum Gasteiger partial charge on any atom is -0.337 e. The van der Waals surface area contributed by atoms with Gasteiger partial charge in [-0.3, -0.25) is 0 Å². The van der Waals surface area contributed by atoms with E-state index in [2.05, 4.69) is 12.2 Å². The number of nitrogens with zero attached hydrogens (tertiary/aromatic N) is 1. The Kier molecular flexibility index (Phi) is 2.66. The average molecular weight is 196 g/mol. The summed E-state index contributed by atoms with van der Waals surface area (Å²) >= 11 is 0. The van der Waals surface area contributed by atoms with Crippen molar-refractivity contribution in [1.82, 2.24) is 10.2 Å². The molecule has 1 saturated carbocycles. The molecule has 1 aliphatic heterocycles. The number of hydrogen-bond acceptors (Lipinski definition) is 1. The zero-order valence-electron chi connectivity index (χ0n) is 9.01. The van der Waals surface area contributed by atoms with Crippen LogP contribution in [0, 0.1) is 5.41 Å². The van der Waals surface area contributed by atoms with Crippen molar-refractivity contribution in [2.75, 3.05) is 19.6 Å². The smallest absolute Gasteiger partial charge is 0.317 e. The summed E-state index contributed by atoms with van der Waals surface area (Å²) in [5, 5.41) is 3.05. The molecule has 1 heterocycles. The van der Waals surface area contributed by atoms with E-state index in [0.717, 1.165) is 19.6 Å². The normalized spacial score (nSPS) is 24.5. The van der Waals surface area contributed by atoms with E-state index in [-0.39, 0.29) is 6.03 Å². The molecular weight excluding hydrogens is 176 g/mol. The molecule has 1 N–H and O–H groups in total. The minimum atomic E-state index is 0.149. The predicted octanol–water partition coefficient (Wildman–Crippen LogP) is 1.98. The molecule has 1 saturated heterocycles. The predicted molar refractivity (Wildman–Crippen MR) is 56.2 cm³/mol. The summed E-state index contributed by atoms with van der Waals surface area (Å²) in [7, 11) is 0. The van der Waals surface area contributed by atoms with E-state index in [0.29, 0.717) is 5.41 Å². The third kappa shape index (κ3) is 2.02. The Balaban J connectivity index is 1.71. The van der Waals surface area contributed by atoms with Gasteiger partial charge < -0.3 is 10.2 Å². The molecule has 0 spiro atoms. The number of nitrogens with one attached hydrogen (secondary N) is 1. The summed E-state index contributed by atoms with van der Waals surface area (Å²) in [5.74, 6) is 0. The molecule has 0 radical (unpaired) electrons. The second kappa shape index (κ2) is 3.79. The van der Waals surface area contributed by atoms with Crippen molar-refractivity contribution in [1.29, 1.82) is 0 Å². The van der Waals surface area contributed by atoms with Gasteiger partial charge in [0.25, 0.3) is 0 Å². The molecule has 2 amide bonds. The van der Waals surface area contributed by atoms with E-state index < -0.39 is 0 Å². The van der Waals surface area contributed by atoms with Crippen LogP contribution >= 0.6 is 0 Å². The summed E-state index contributed by atoms with van der Waals surface area (Å²) in [5.41, 5.74) is 0.398. The molecule has 0 atom stereocenters. The first-order valence-electron chi connectivity index (χ1n) is 5.72. The SMILES string of the molecule is CC1(CNC(=O)N2CCCC2)CCC1. The van der Waals surface area contributed by atoms with Crippen LogP contribution in [0.2, 0.25) is 0 Å².